The molecule has 5 saturated carbocycles. The van der Waals surface area contributed by atoms with Crippen molar-refractivity contribution in [2.45, 2.75) is 52.1 Å². The molecule has 8 atom stereocenters. The van der Waals surface area contributed by atoms with Gasteiger partial charge in [-0.15, -0.1) is 4.91 Å². The lowest BCUT2D eigenvalue weighted by Gasteiger charge is -2.65. The Hall–Kier alpha value is -0.600. The summed E-state index contributed by atoms with van der Waals surface area (Å²) in [5.41, 5.74) is 0. The second-order valence-electron chi connectivity index (χ2n) is 7.64. The van der Waals surface area contributed by atoms with Crippen molar-refractivity contribution in [2.24, 2.45) is 52.7 Å². The van der Waals surface area contributed by atoms with Crippen LogP contribution in [0, 0.1) is 52.3 Å². The lowest BCUT2D eigenvalue weighted by molar-refractivity contribution is -0.246. The smallest absolute Gasteiger partial charge is 0.155 e. The second-order valence-corrected chi connectivity index (χ2v) is 7.64. The SMILES string of the molecule is CCC1CC2C(ON=O)C(C(C)C3C4CCC3C4)C12. The number of nitrogens with zero attached hydrogens (tertiary/aromatic N) is 1. The zero-order valence-corrected chi connectivity index (χ0v) is 12.0. The zero-order valence-electron chi connectivity index (χ0n) is 12.0. The molecular formula is C16H25NO2. The minimum absolute atomic E-state index is 0.153. The van der Waals surface area contributed by atoms with Gasteiger partial charge in [0.15, 0.2) is 5.34 Å². The van der Waals surface area contributed by atoms with Gasteiger partial charge in [-0.05, 0) is 61.2 Å². The van der Waals surface area contributed by atoms with Crippen LogP contribution in [0.4, 0.5) is 0 Å². The molecule has 0 aromatic heterocycles. The highest BCUT2D eigenvalue weighted by Crippen LogP contribution is 2.67. The molecule has 5 fully saturated rings. The molecule has 19 heavy (non-hydrogen) atoms. The van der Waals surface area contributed by atoms with Crippen molar-refractivity contribution in [1.82, 2.24) is 0 Å². The molecule has 0 radical (unpaired) electrons. The molecule has 5 aliphatic rings. The lowest BCUT2D eigenvalue weighted by atomic mass is 9.41. The van der Waals surface area contributed by atoms with E-state index >= 15 is 0 Å². The summed E-state index contributed by atoms with van der Waals surface area (Å²) in [5.74, 6) is 6.65. The molecule has 3 heteroatoms. The van der Waals surface area contributed by atoms with Crippen molar-refractivity contribution in [3.05, 3.63) is 4.91 Å². The molecular weight excluding hydrogens is 238 g/mol. The van der Waals surface area contributed by atoms with E-state index in [2.05, 4.69) is 19.2 Å². The maximum Gasteiger partial charge on any atom is 0.155 e. The molecule has 0 aromatic carbocycles. The molecule has 0 saturated heterocycles. The Morgan fingerprint density at radius 3 is 2.53 bits per heavy atom. The monoisotopic (exact) mass is 263 g/mol. The average molecular weight is 263 g/mol. The van der Waals surface area contributed by atoms with Crippen LogP contribution in [0.5, 0.6) is 0 Å². The molecule has 8 unspecified atom stereocenters. The molecule has 0 heterocycles. The Morgan fingerprint density at radius 1 is 1.21 bits per heavy atom. The normalized spacial score (nSPS) is 55.3. The van der Waals surface area contributed by atoms with Crippen LogP contribution in [0.3, 0.4) is 0 Å². The van der Waals surface area contributed by atoms with Crippen molar-refractivity contribution >= 4 is 0 Å². The van der Waals surface area contributed by atoms with Crippen LogP contribution < -0.4 is 0 Å². The summed E-state index contributed by atoms with van der Waals surface area (Å²) in [6, 6.07) is 0. The molecule has 0 amide bonds. The second kappa shape index (κ2) is 4.20. The van der Waals surface area contributed by atoms with E-state index in [1.807, 2.05) is 0 Å². The minimum Gasteiger partial charge on any atom is -0.360 e. The van der Waals surface area contributed by atoms with E-state index in [0.717, 1.165) is 35.5 Å². The summed E-state index contributed by atoms with van der Waals surface area (Å²) in [6.07, 6.45) is 7.10. The number of hydrogen-bond acceptors (Lipinski definition) is 3. The van der Waals surface area contributed by atoms with Crippen LogP contribution in [0.2, 0.25) is 0 Å². The molecule has 0 N–H and O–H groups in total. The van der Waals surface area contributed by atoms with Crippen molar-refractivity contribution in [3.63, 3.8) is 0 Å². The van der Waals surface area contributed by atoms with Gasteiger partial charge < -0.3 is 4.84 Å². The minimum atomic E-state index is 0.153. The first-order chi connectivity index (χ1) is 9.26. The van der Waals surface area contributed by atoms with E-state index < -0.39 is 0 Å². The van der Waals surface area contributed by atoms with Crippen molar-refractivity contribution in [1.29, 1.82) is 0 Å². The fourth-order valence-corrected chi connectivity index (χ4v) is 6.47. The number of rotatable bonds is 5. The highest BCUT2D eigenvalue weighted by molar-refractivity contribution is 5.12. The van der Waals surface area contributed by atoms with Gasteiger partial charge in [0, 0.05) is 11.8 Å². The van der Waals surface area contributed by atoms with Gasteiger partial charge in [-0.25, -0.2) is 0 Å². The quantitative estimate of drug-likeness (QED) is 0.555. The first-order valence-electron chi connectivity index (χ1n) is 8.24. The lowest BCUT2D eigenvalue weighted by Crippen LogP contribution is -2.65. The third kappa shape index (κ3) is 1.45. The largest absolute Gasteiger partial charge is 0.360 e. The van der Waals surface area contributed by atoms with Crippen LogP contribution >= 0.6 is 0 Å². The Kier molecular flexibility index (Phi) is 2.69. The van der Waals surface area contributed by atoms with E-state index in [9.17, 15) is 4.91 Å². The van der Waals surface area contributed by atoms with Gasteiger partial charge in [0.05, 0.1) is 0 Å². The maximum absolute atomic E-state index is 10.5. The molecule has 5 rings (SSSR count). The Bertz CT molecular complexity index is 371. The first-order valence-corrected chi connectivity index (χ1v) is 8.24. The van der Waals surface area contributed by atoms with Crippen molar-refractivity contribution in [2.75, 3.05) is 0 Å². The van der Waals surface area contributed by atoms with Gasteiger partial charge in [-0.1, -0.05) is 20.3 Å². The van der Waals surface area contributed by atoms with E-state index in [1.54, 1.807) is 0 Å². The summed E-state index contributed by atoms with van der Waals surface area (Å²) in [4.78, 5) is 15.7. The van der Waals surface area contributed by atoms with Crippen LogP contribution in [-0.4, -0.2) is 6.10 Å². The molecule has 0 aromatic rings. The highest BCUT2D eigenvalue weighted by Gasteiger charge is 2.65. The predicted molar refractivity (Wildman–Crippen MR) is 73.0 cm³/mol. The van der Waals surface area contributed by atoms with Gasteiger partial charge in [-0.3, -0.25) is 0 Å². The Balaban J connectivity index is 1.49. The van der Waals surface area contributed by atoms with Crippen LogP contribution in [-0.2, 0) is 4.84 Å². The van der Waals surface area contributed by atoms with Gasteiger partial charge in [0.1, 0.15) is 6.10 Å². The van der Waals surface area contributed by atoms with E-state index in [0.29, 0.717) is 11.8 Å². The Morgan fingerprint density at radius 2 is 1.95 bits per heavy atom. The molecule has 3 nitrogen and oxygen atoms in total. The third-order valence-electron chi connectivity index (χ3n) is 7.37. The molecule has 0 spiro atoms. The third-order valence-corrected chi connectivity index (χ3v) is 7.37. The fourth-order valence-electron chi connectivity index (χ4n) is 6.47. The summed E-state index contributed by atoms with van der Waals surface area (Å²) in [5, 5.41) is 2.77. The maximum atomic E-state index is 10.5. The van der Waals surface area contributed by atoms with Gasteiger partial charge in [-0.2, -0.15) is 0 Å². The number of hydrogen-bond donors (Lipinski definition) is 0. The van der Waals surface area contributed by atoms with Gasteiger partial charge in [0.25, 0.3) is 0 Å². The topological polar surface area (TPSA) is 38.7 Å². The predicted octanol–water partition coefficient (Wildman–Crippen LogP) is 4.03. The van der Waals surface area contributed by atoms with Gasteiger partial charge >= 0.3 is 0 Å². The summed E-state index contributed by atoms with van der Waals surface area (Å²) >= 11 is 0. The zero-order chi connectivity index (χ0) is 13.1. The van der Waals surface area contributed by atoms with E-state index in [-0.39, 0.29) is 6.10 Å². The number of fused-ring (bicyclic) bond motifs is 2. The average Bonchev–Trinajstić information content (AvgIpc) is 2.97. The molecule has 0 aliphatic heterocycles. The fraction of sp³-hybridized carbons (Fsp3) is 1.00. The van der Waals surface area contributed by atoms with E-state index in [1.165, 1.54) is 32.1 Å². The molecule has 5 aliphatic carbocycles. The summed E-state index contributed by atoms with van der Waals surface area (Å²) in [7, 11) is 0. The standard InChI is InChI=1S/C16H25NO2/c1-3-9-7-12-15(9)14(16(12)19-17-18)8(2)13-10-4-5-11(13)6-10/h8-16H,3-7H2,1-2H3. The summed E-state index contributed by atoms with van der Waals surface area (Å²) < 4.78 is 0. The van der Waals surface area contributed by atoms with Crippen LogP contribution in [0.1, 0.15) is 46.0 Å². The first kappa shape index (κ1) is 12.2. The summed E-state index contributed by atoms with van der Waals surface area (Å²) in [6.45, 7) is 4.74. The van der Waals surface area contributed by atoms with Crippen molar-refractivity contribution in [3.8, 4) is 0 Å². The van der Waals surface area contributed by atoms with E-state index in [4.69, 9.17) is 4.84 Å². The van der Waals surface area contributed by atoms with Gasteiger partial charge in [0.2, 0.25) is 0 Å². The van der Waals surface area contributed by atoms with Crippen LogP contribution in [0.25, 0.3) is 0 Å². The van der Waals surface area contributed by atoms with Crippen molar-refractivity contribution < 1.29 is 4.84 Å². The Labute approximate surface area is 115 Å². The molecule has 106 valence electrons. The molecule has 2 bridgehead atoms. The highest BCUT2D eigenvalue weighted by atomic mass is 16.7. The van der Waals surface area contributed by atoms with Crippen LogP contribution in [0.15, 0.2) is 5.34 Å².